The van der Waals surface area contributed by atoms with E-state index >= 15 is 0 Å². The second-order valence-electron chi connectivity index (χ2n) is 4.11. The third kappa shape index (κ3) is 3.21. The van der Waals surface area contributed by atoms with Crippen LogP contribution in [0.5, 0.6) is 11.5 Å². The summed E-state index contributed by atoms with van der Waals surface area (Å²) in [6.07, 6.45) is 3.38. The number of ether oxygens (including phenoxy) is 1. The van der Waals surface area contributed by atoms with Crippen LogP contribution in [-0.4, -0.2) is 27.6 Å². The number of benzene rings is 1. The van der Waals surface area contributed by atoms with Gasteiger partial charge >= 0.3 is 0 Å². The van der Waals surface area contributed by atoms with Crippen LogP contribution in [0.1, 0.15) is 18.2 Å². The minimum atomic E-state index is 0.141. The van der Waals surface area contributed by atoms with Gasteiger partial charge < -0.3 is 15.6 Å². The number of aromatic hydroxyl groups is 1. The van der Waals surface area contributed by atoms with Gasteiger partial charge in [0.1, 0.15) is 0 Å². The predicted octanol–water partition coefficient (Wildman–Crippen LogP) is 2.36. The van der Waals surface area contributed by atoms with Crippen molar-refractivity contribution >= 4 is 34.8 Å². The van der Waals surface area contributed by atoms with Crippen LogP contribution >= 0.6 is 22.6 Å². The minimum Gasteiger partial charge on any atom is -0.504 e. The largest absolute Gasteiger partial charge is 0.504 e. The second-order valence-corrected chi connectivity index (χ2v) is 5.27. The van der Waals surface area contributed by atoms with Crippen molar-refractivity contribution in [2.45, 2.75) is 13.8 Å². The van der Waals surface area contributed by atoms with E-state index in [0.29, 0.717) is 21.9 Å². The van der Waals surface area contributed by atoms with Gasteiger partial charge in [0.2, 0.25) is 5.95 Å². The lowest BCUT2D eigenvalue weighted by Crippen LogP contribution is -1.98. The standard InChI is InChI=1S/C13H15IN4O2/c1-3-20-11-5-9(4-10(14)12(11)19)6-16-18-7-8(2)17-13(18)15/h4-7,19H,3H2,1-2H3,(H2,15,17). The lowest BCUT2D eigenvalue weighted by Gasteiger charge is -2.08. The molecule has 3 N–H and O–H groups in total. The van der Waals surface area contributed by atoms with Gasteiger partial charge in [0.25, 0.3) is 0 Å². The first-order valence-electron chi connectivity index (χ1n) is 6.02. The van der Waals surface area contributed by atoms with Crippen LogP contribution in [0.2, 0.25) is 0 Å². The maximum absolute atomic E-state index is 9.87. The second kappa shape index (κ2) is 6.12. The van der Waals surface area contributed by atoms with Gasteiger partial charge in [-0.05, 0) is 54.1 Å². The summed E-state index contributed by atoms with van der Waals surface area (Å²) in [4.78, 5) is 4.06. The van der Waals surface area contributed by atoms with Crippen LogP contribution in [0.4, 0.5) is 5.95 Å². The first kappa shape index (κ1) is 14.6. The van der Waals surface area contributed by atoms with Crippen LogP contribution in [0, 0.1) is 10.5 Å². The number of phenols is 1. The zero-order valence-electron chi connectivity index (χ0n) is 11.2. The Kier molecular flexibility index (Phi) is 4.48. The molecule has 2 aromatic rings. The predicted molar refractivity (Wildman–Crippen MR) is 86.4 cm³/mol. The number of anilines is 1. The van der Waals surface area contributed by atoms with Gasteiger partial charge in [0, 0.05) is 0 Å². The number of hydrogen-bond acceptors (Lipinski definition) is 5. The molecule has 1 aromatic heterocycles. The van der Waals surface area contributed by atoms with E-state index in [9.17, 15) is 5.11 Å². The van der Waals surface area contributed by atoms with E-state index in [4.69, 9.17) is 10.5 Å². The van der Waals surface area contributed by atoms with Crippen LogP contribution < -0.4 is 10.5 Å². The summed E-state index contributed by atoms with van der Waals surface area (Å²) in [6, 6.07) is 3.53. The maximum atomic E-state index is 9.87. The summed E-state index contributed by atoms with van der Waals surface area (Å²) in [5.41, 5.74) is 7.32. The number of nitrogens with two attached hydrogens (primary N) is 1. The number of hydrogen-bond donors (Lipinski definition) is 2. The highest BCUT2D eigenvalue weighted by molar-refractivity contribution is 14.1. The Morgan fingerprint density at radius 1 is 1.55 bits per heavy atom. The van der Waals surface area contributed by atoms with Gasteiger partial charge in [0.05, 0.1) is 28.3 Å². The molecule has 0 aliphatic rings. The van der Waals surface area contributed by atoms with Crippen molar-refractivity contribution in [3.05, 3.63) is 33.2 Å². The Bertz CT molecular complexity index is 652. The number of rotatable bonds is 4. The molecule has 0 unspecified atom stereocenters. The molecule has 7 heteroatoms. The molecule has 0 spiro atoms. The van der Waals surface area contributed by atoms with Crippen LogP contribution in [0.3, 0.4) is 0 Å². The minimum absolute atomic E-state index is 0.141. The Balaban J connectivity index is 2.31. The number of nitrogens with zero attached hydrogens (tertiary/aromatic N) is 3. The normalized spacial score (nSPS) is 11.2. The lowest BCUT2D eigenvalue weighted by atomic mass is 10.2. The molecule has 1 heterocycles. The zero-order valence-corrected chi connectivity index (χ0v) is 13.3. The summed E-state index contributed by atoms with van der Waals surface area (Å²) in [7, 11) is 0. The van der Waals surface area contributed by atoms with Crippen molar-refractivity contribution < 1.29 is 9.84 Å². The van der Waals surface area contributed by atoms with Gasteiger partial charge in [-0.3, -0.25) is 0 Å². The molecule has 6 nitrogen and oxygen atoms in total. The summed E-state index contributed by atoms with van der Waals surface area (Å²) < 4.78 is 7.57. The molecule has 0 aliphatic heterocycles. The van der Waals surface area contributed by atoms with Gasteiger partial charge in [-0.25, -0.2) is 9.66 Å². The molecule has 0 saturated heterocycles. The topological polar surface area (TPSA) is 85.7 Å². The molecule has 0 saturated carbocycles. The van der Waals surface area contributed by atoms with Crippen LogP contribution in [0.15, 0.2) is 23.4 Å². The van der Waals surface area contributed by atoms with E-state index in [0.717, 1.165) is 11.3 Å². The molecule has 1 aromatic carbocycles. The van der Waals surface area contributed by atoms with E-state index in [1.165, 1.54) is 4.68 Å². The fraction of sp³-hybridized carbons (Fsp3) is 0.231. The van der Waals surface area contributed by atoms with Crippen molar-refractivity contribution in [3.63, 3.8) is 0 Å². The summed E-state index contributed by atoms with van der Waals surface area (Å²) >= 11 is 2.04. The van der Waals surface area contributed by atoms with Gasteiger partial charge in [-0.15, -0.1) is 0 Å². The average Bonchev–Trinajstić information content (AvgIpc) is 2.71. The van der Waals surface area contributed by atoms with Crippen LogP contribution in [-0.2, 0) is 0 Å². The molecule has 106 valence electrons. The Labute approximate surface area is 130 Å². The summed E-state index contributed by atoms with van der Waals surface area (Å²) in [6.45, 7) is 4.19. The molecule has 20 heavy (non-hydrogen) atoms. The van der Waals surface area contributed by atoms with Gasteiger partial charge in [-0.2, -0.15) is 5.10 Å². The highest BCUT2D eigenvalue weighted by atomic mass is 127. The zero-order chi connectivity index (χ0) is 14.7. The molecule has 0 bridgehead atoms. The summed E-state index contributed by atoms with van der Waals surface area (Å²) in [5, 5.41) is 14.1. The number of halogens is 1. The molecule has 0 radical (unpaired) electrons. The Morgan fingerprint density at radius 2 is 2.30 bits per heavy atom. The highest BCUT2D eigenvalue weighted by Crippen LogP contribution is 2.32. The fourth-order valence-corrected chi connectivity index (χ4v) is 2.28. The van der Waals surface area contributed by atoms with E-state index in [2.05, 4.69) is 10.1 Å². The SMILES string of the molecule is CCOc1cc(C=Nn2cc(C)nc2N)cc(I)c1O. The smallest absolute Gasteiger partial charge is 0.221 e. The monoisotopic (exact) mass is 386 g/mol. The number of imidazole rings is 1. The van der Waals surface area contributed by atoms with Gasteiger partial charge in [-0.1, -0.05) is 0 Å². The quantitative estimate of drug-likeness (QED) is 0.624. The molecular weight excluding hydrogens is 371 g/mol. The van der Waals surface area contributed by atoms with Crippen molar-refractivity contribution in [2.24, 2.45) is 5.10 Å². The van der Waals surface area contributed by atoms with E-state index < -0.39 is 0 Å². The lowest BCUT2D eigenvalue weighted by molar-refractivity contribution is 0.317. The summed E-state index contributed by atoms with van der Waals surface area (Å²) in [5.74, 6) is 0.912. The molecule has 0 fully saturated rings. The van der Waals surface area contributed by atoms with Crippen LogP contribution in [0.25, 0.3) is 0 Å². The molecule has 0 atom stereocenters. The fourth-order valence-electron chi connectivity index (χ4n) is 1.66. The third-order valence-electron chi connectivity index (χ3n) is 2.52. The third-order valence-corrected chi connectivity index (χ3v) is 3.34. The van der Waals surface area contributed by atoms with Gasteiger partial charge in [0.15, 0.2) is 11.5 Å². The maximum Gasteiger partial charge on any atom is 0.221 e. The average molecular weight is 386 g/mol. The van der Waals surface area contributed by atoms with Crippen molar-refractivity contribution in [1.82, 2.24) is 9.66 Å². The number of phenolic OH excluding ortho intramolecular Hbond substituents is 1. The molecule has 0 amide bonds. The van der Waals surface area contributed by atoms with E-state index in [1.807, 2.05) is 42.5 Å². The van der Waals surface area contributed by atoms with Crippen molar-refractivity contribution in [3.8, 4) is 11.5 Å². The first-order valence-corrected chi connectivity index (χ1v) is 7.10. The van der Waals surface area contributed by atoms with Crippen molar-refractivity contribution in [1.29, 1.82) is 0 Å². The van der Waals surface area contributed by atoms with Crippen molar-refractivity contribution in [2.75, 3.05) is 12.3 Å². The number of nitrogen functional groups attached to an aromatic ring is 1. The molecule has 2 rings (SSSR count). The number of aromatic nitrogens is 2. The Hall–Kier alpha value is -1.77. The van der Waals surface area contributed by atoms with E-state index in [-0.39, 0.29) is 5.75 Å². The Morgan fingerprint density at radius 3 is 2.90 bits per heavy atom. The molecular formula is C13H15IN4O2. The van der Waals surface area contributed by atoms with E-state index in [1.54, 1.807) is 18.5 Å². The first-order chi connectivity index (χ1) is 9.51. The molecule has 0 aliphatic carbocycles. The highest BCUT2D eigenvalue weighted by Gasteiger charge is 2.08. The number of aryl methyl sites for hydroxylation is 1.